The van der Waals surface area contributed by atoms with Crippen LogP contribution >= 0.6 is 11.6 Å². The number of carbonyl (C=O) groups is 2. The summed E-state index contributed by atoms with van der Waals surface area (Å²) in [6, 6.07) is 4.52. The molecule has 0 saturated heterocycles. The van der Waals surface area contributed by atoms with Crippen LogP contribution in [0.3, 0.4) is 0 Å². The van der Waals surface area contributed by atoms with Gasteiger partial charge in [0.15, 0.2) is 0 Å². The van der Waals surface area contributed by atoms with Crippen molar-refractivity contribution in [3.63, 3.8) is 0 Å². The van der Waals surface area contributed by atoms with E-state index in [0.29, 0.717) is 22.8 Å². The Labute approximate surface area is 153 Å². The molecule has 0 aliphatic carbocycles. The molecule has 0 spiro atoms. The van der Waals surface area contributed by atoms with Crippen LogP contribution < -0.4 is 21.3 Å². The molecule has 0 fully saturated rings. The predicted octanol–water partition coefficient (Wildman–Crippen LogP) is 2.91. The molecule has 0 radical (unpaired) electrons. The van der Waals surface area contributed by atoms with Gasteiger partial charge in [-0.2, -0.15) is 0 Å². The number of urea groups is 1. The van der Waals surface area contributed by atoms with Crippen molar-refractivity contribution < 1.29 is 9.59 Å². The predicted molar refractivity (Wildman–Crippen MR) is 101 cm³/mol. The second kappa shape index (κ2) is 8.36. The first-order valence-corrected chi connectivity index (χ1v) is 8.68. The first-order chi connectivity index (χ1) is 11.7. The molecule has 0 saturated carbocycles. The van der Waals surface area contributed by atoms with E-state index in [4.69, 9.17) is 11.6 Å². The van der Waals surface area contributed by atoms with Crippen molar-refractivity contribution in [2.45, 2.75) is 32.7 Å². The van der Waals surface area contributed by atoms with Crippen molar-refractivity contribution in [2.24, 2.45) is 0 Å². The van der Waals surface area contributed by atoms with E-state index in [0.717, 1.165) is 19.5 Å². The molecule has 1 aromatic rings. The van der Waals surface area contributed by atoms with Crippen LogP contribution in [0, 0.1) is 0 Å². The maximum absolute atomic E-state index is 12.4. The minimum absolute atomic E-state index is 0.260. The Bertz CT molecular complexity index is 680. The fraction of sp³-hybridized carbons (Fsp3) is 0.444. The van der Waals surface area contributed by atoms with Gasteiger partial charge in [-0.05, 0) is 51.9 Å². The quantitative estimate of drug-likeness (QED) is 0.620. The third kappa shape index (κ3) is 6.40. The van der Waals surface area contributed by atoms with Crippen molar-refractivity contribution in [1.29, 1.82) is 0 Å². The van der Waals surface area contributed by atoms with Gasteiger partial charge in [0, 0.05) is 24.3 Å². The highest BCUT2D eigenvalue weighted by atomic mass is 35.5. The summed E-state index contributed by atoms with van der Waals surface area (Å²) in [5.74, 6) is -0.260. The zero-order chi connectivity index (χ0) is 18.4. The topological polar surface area (TPSA) is 82.3 Å². The molecular weight excluding hydrogens is 340 g/mol. The monoisotopic (exact) mass is 364 g/mol. The summed E-state index contributed by atoms with van der Waals surface area (Å²) in [6.07, 6.45) is 3.00. The van der Waals surface area contributed by atoms with Gasteiger partial charge in [0.1, 0.15) is 0 Å². The number of nitrogens with one attached hydrogen (secondary N) is 4. The molecule has 7 heteroatoms. The van der Waals surface area contributed by atoms with Gasteiger partial charge < -0.3 is 21.3 Å². The largest absolute Gasteiger partial charge is 0.348 e. The third-order valence-corrected chi connectivity index (χ3v) is 3.92. The second-order valence-electron chi connectivity index (χ2n) is 7.02. The van der Waals surface area contributed by atoms with E-state index in [1.165, 1.54) is 5.57 Å². The molecule has 1 aliphatic heterocycles. The number of anilines is 1. The smallest absolute Gasteiger partial charge is 0.319 e. The van der Waals surface area contributed by atoms with Crippen molar-refractivity contribution in [2.75, 3.05) is 25.0 Å². The van der Waals surface area contributed by atoms with Gasteiger partial charge in [0.05, 0.1) is 10.6 Å². The maximum atomic E-state index is 12.4. The van der Waals surface area contributed by atoms with E-state index in [1.807, 2.05) is 20.8 Å². The van der Waals surface area contributed by atoms with Gasteiger partial charge in [-0.15, -0.1) is 0 Å². The van der Waals surface area contributed by atoms with Gasteiger partial charge in [-0.3, -0.25) is 4.79 Å². The number of amides is 3. The minimum atomic E-state index is -0.348. The van der Waals surface area contributed by atoms with Crippen molar-refractivity contribution in [1.82, 2.24) is 16.0 Å². The zero-order valence-electron chi connectivity index (χ0n) is 14.8. The highest BCUT2D eigenvalue weighted by Crippen LogP contribution is 2.21. The SMILES string of the molecule is CC(C)(C)NC(=O)Nc1ccc(Cl)c(C(=O)NCC2=CCNCC2)c1. The summed E-state index contributed by atoms with van der Waals surface area (Å²) in [4.78, 5) is 24.4. The van der Waals surface area contributed by atoms with E-state index in [1.54, 1.807) is 18.2 Å². The van der Waals surface area contributed by atoms with Gasteiger partial charge in [0.25, 0.3) is 5.91 Å². The highest BCUT2D eigenvalue weighted by Gasteiger charge is 2.16. The molecule has 4 N–H and O–H groups in total. The lowest BCUT2D eigenvalue weighted by Gasteiger charge is -2.21. The summed E-state index contributed by atoms with van der Waals surface area (Å²) >= 11 is 6.14. The maximum Gasteiger partial charge on any atom is 0.319 e. The molecule has 0 atom stereocenters. The number of hydrogen-bond acceptors (Lipinski definition) is 3. The van der Waals surface area contributed by atoms with E-state index in [-0.39, 0.29) is 17.5 Å². The Balaban J connectivity index is 2.01. The molecule has 0 aromatic heterocycles. The lowest BCUT2D eigenvalue weighted by molar-refractivity contribution is 0.0956. The molecule has 0 bridgehead atoms. The van der Waals surface area contributed by atoms with E-state index < -0.39 is 0 Å². The lowest BCUT2D eigenvalue weighted by atomic mass is 10.1. The Morgan fingerprint density at radius 2 is 2.04 bits per heavy atom. The molecule has 1 aromatic carbocycles. The number of halogens is 1. The lowest BCUT2D eigenvalue weighted by Crippen LogP contribution is -2.43. The number of benzene rings is 1. The molecule has 2 rings (SSSR count). The molecule has 0 unspecified atom stereocenters. The van der Waals surface area contributed by atoms with Crippen LogP contribution in [-0.2, 0) is 0 Å². The fourth-order valence-electron chi connectivity index (χ4n) is 2.40. The van der Waals surface area contributed by atoms with Gasteiger partial charge in [-0.1, -0.05) is 23.3 Å². The molecule has 136 valence electrons. The van der Waals surface area contributed by atoms with Gasteiger partial charge >= 0.3 is 6.03 Å². The van der Waals surface area contributed by atoms with Crippen LogP contribution in [0.25, 0.3) is 0 Å². The number of rotatable bonds is 4. The Kier molecular flexibility index (Phi) is 6.45. The van der Waals surface area contributed by atoms with Crippen LogP contribution in [0.15, 0.2) is 29.8 Å². The Morgan fingerprint density at radius 3 is 2.68 bits per heavy atom. The van der Waals surface area contributed by atoms with Crippen molar-refractivity contribution >= 4 is 29.2 Å². The number of hydrogen-bond donors (Lipinski definition) is 4. The first kappa shape index (κ1) is 19.3. The molecule has 1 aliphatic rings. The summed E-state index contributed by atoms with van der Waals surface area (Å²) in [5, 5.41) is 12.0. The van der Waals surface area contributed by atoms with E-state index in [9.17, 15) is 9.59 Å². The molecular formula is C18H25ClN4O2. The molecule has 6 nitrogen and oxygen atoms in total. The zero-order valence-corrected chi connectivity index (χ0v) is 15.6. The van der Waals surface area contributed by atoms with Crippen LogP contribution in [0.5, 0.6) is 0 Å². The average molecular weight is 365 g/mol. The van der Waals surface area contributed by atoms with Crippen LogP contribution in [-0.4, -0.2) is 37.1 Å². The highest BCUT2D eigenvalue weighted by molar-refractivity contribution is 6.34. The summed E-state index contributed by atoms with van der Waals surface area (Å²) < 4.78 is 0. The normalized spacial score (nSPS) is 14.5. The summed E-state index contributed by atoms with van der Waals surface area (Å²) in [6.45, 7) is 7.92. The van der Waals surface area contributed by atoms with Crippen molar-refractivity contribution in [3.8, 4) is 0 Å². The standard InChI is InChI=1S/C18H25ClN4O2/c1-18(2,3)23-17(25)22-13-4-5-15(19)14(10-13)16(24)21-11-12-6-8-20-9-7-12/h4-6,10,20H,7-9,11H2,1-3H3,(H,21,24)(H2,22,23,25). The average Bonchev–Trinajstić information content (AvgIpc) is 2.53. The first-order valence-electron chi connectivity index (χ1n) is 8.30. The molecule has 1 heterocycles. The van der Waals surface area contributed by atoms with Crippen LogP contribution in [0.1, 0.15) is 37.6 Å². The minimum Gasteiger partial charge on any atom is -0.348 e. The van der Waals surface area contributed by atoms with Crippen LogP contribution in [0.4, 0.5) is 10.5 Å². The summed E-state index contributed by atoms with van der Waals surface area (Å²) in [7, 11) is 0. The Morgan fingerprint density at radius 1 is 1.28 bits per heavy atom. The third-order valence-electron chi connectivity index (χ3n) is 3.59. The van der Waals surface area contributed by atoms with Gasteiger partial charge in [0.2, 0.25) is 0 Å². The Hall–Kier alpha value is -2.05. The fourth-order valence-corrected chi connectivity index (χ4v) is 2.60. The molecule has 25 heavy (non-hydrogen) atoms. The van der Waals surface area contributed by atoms with E-state index >= 15 is 0 Å². The van der Waals surface area contributed by atoms with Gasteiger partial charge in [-0.25, -0.2) is 4.79 Å². The number of carbonyl (C=O) groups excluding carboxylic acids is 2. The van der Waals surface area contributed by atoms with Crippen molar-refractivity contribution in [3.05, 3.63) is 40.4 Å². The summed E-state index contributed by atoms with van der Waals surface area (Å²) in [5.41, 5.74) is 1.70. The molecule has 3 amide bonds. The van der Waals surface area contributed by atoms with Crippen LogP contribution in [0.2, 0.25) is 5.02 Å². The second-order valence-corrected chi connectivity index (χ2v) is 7.43. The van der Waals surface area contributed by atoms with E-state index in [2.05, 4.69) is 27.3 Å².